The van der Waals surface area contributed by atoms with E-state index in [2.05, 4.69) is 25.9 Å². The molecular weight excluding hydrogens is 460 g/mol. The summed E-state index contributed by atoms with van der Waals surface area (Å²) in [5, 5.41) is 9.19. The van der Waals surface area contributed by atoms with Gasteiger partial charge in [-0.25, -0.2) is 9.50 Å². The molecule has 1 unspecified atom stereocenters. The fraction of sp³-hybridized carbons (Fsp3) is 0.360. The predicted molar refractivity (Wildman–Crippen MR) is 134 cm³/mol. The summed E-state index contributed by atoms with van der Waals surface area (Å²) >= 11 is 0. The molecule has 11 nitrogen and oxygen atoms in total. The Kier molecular flexibility index (Phi) is 5.78. The van der Waals surface area contributed by atoms with Gasteiger partial charge >= 0.3 is 0 Å². The van der Waals surface area contributed by atoms with Crippen molar-refractivity contribution in [3.8, 4) is 22.5 Å². The first-order valence-electron chi connectivity index (χ1n) is 12.1. The second-order valence-electron chi connectivity index (χ2n) is 9.09. The van der Waals surface area contributed by atoms with Gasteiger partial charge in [0.25, 0.3) is 0 Å². The van der Waals surface area contributed by atoms with Crippen molar-refractivity contribution in [2.45, 2.75) is 24.9 Å². The summed E-state index contributed by atoms with van der Waals surface area (Å²) < 4.78 is 14.9. The van der Waals surface area contributed by atoms with E-state index >= 15 is 0 Å². The molecular formula is C25H28N8O3. The molecule has 186 valence electrons. The zero-order valence-electron chi connectivity index (χ0n) is 19.8. The van der Waals surface area contributed by atoms with Crippen molar-refractivity contribution in [2.75, 3.05) is 43.6 Å². The third-order valence-corrected chi connectivity index (χ3v) is 7.00. The SMILES string of the molecule is NC(=O)C1COCCN1c1cccc(-c2cc(-c3ccnn3C3CCOCC3)c3c(N)ncnn23)c1. The van der Waals surface area contributed by atoms with Crippen LogP contribution in [0.25, 0.3) is 28.0 Å². The summed E-state index contributed by atoms with van der Waals surface area (Å²) in [6, 6.07) is 11.8. The number of hydrogen-bond acceptors (Lipinski definition) is 8. The molecule has 1 atom stereocenters. The number of morpholine rings is 1. The Morgan fingerprint density at radius 3 is 2.72 bits per heavy atom. The minimum absolute atomic E-state index is 0.253. The number of anilines is 2. The molecule has 5 heterocycles. The van der Waals surface area contributed by atoms with E-state index in [-0.39, 0.29) is 12.6 Å². The van der Waals surface area contributed by atoms with E-state index in [9.17, 15) is 4.79 Å². The second-order valence-corrected chi connectivity index (χ2v) is 9.09. The quantitative estimate of drug-likeness (QED) is 0.434. The van der Waals surface area contributed by atoms with Crippen LogP contribution in [0.3, 0.4) is 0 Å². The maximum atomic E-state index is 12.1. The first-order valence-corrected chi connectivity index (χ1v) is 12.1. The standard InChI is InChI=1S/C25H28N8O3/c26-24-23-19(20-4-7-29-32(20)17-5-9-35-10-6-17)13-21(33(23)30-15-28-24)16-2-1-3-18(12-16)31-8-11-36-14-22(31)25(27)34/h1-4,7,12-13,15,17,22H,5-6,8-11,14H2,(H2,27,34)(H2,26,28,30). The number of hydrogen-bond donors (Lipinski definition) is 2. The number of carbonyl (C=O) groups is 1. The zero-order chi connectivity index (χ0) is 24.6. The van der Waals surface area contributed by atoms with E-state index in [0.717, 1.165) is 59.8 Å². The van der Waals surface area contributed by atoms with Gasteiger partial charge in [0, 0.05) is 42.8 Å². The lowest BCUT2D eigenvalue weighted by Crippen LogP contribution is -2.52. The topological polar surface area (TPSA) is 139 Å². The Bertz CT molecular complexity index is 1410. The Hall–Kier alpha value is -3.96. The van der Waals surface area contributed by atoms with Crippen LogP contribution in [0, 0.1) is 0 Å². The van der Waals surface area contributed by atoms with Gasteiger partial charge in [0.2, 0.25) is 5.91 Å². The second kappa shape index (κ2) is 9.25. The molecule has 3 aromatic heterocycles. The van der Waals surface area contributed by atoms with E-state index in [1.807, 2.05) is 45.9 Å². The van der Waals surface area contributed by atoms with Gasteiger partial charge in [-0.05, 0) is 37.1 Å². The van der Waals surface area contributed by atoms with E-state index in [0.29, 0.717) is 19.0 Å². The molecule has 2 saturated heterocycles. The smallest absolute Gasteiger partial charge is 0.242 e. The lowest BCUT2D eigenvalue weighted by molar-refractivity contribution is -0.121. The summed E-state index contributed by atoms with van der Waals surface area (Å²) in [7, 11) is 0. The van der Waals surface area contributed by atoms with E-state index in [1.165, 1.54) is 6.33 Å². The molecule has 36 heavy (non-hydrogen) atoms. The Morgan fingerprint density at radius 1 is 1.03 bits per heavy atom. The molecule has 0 saturated carbocycles. The molecule has 4 N–H and O–H groups in total. The van der Waals surface area contributed by atoms with Gasteiger partial charge in [0.1, 0.15) is 17.9 Å². The molecule has 0 radical (unpaired) electrons. The molecule has 6 rings (SSSR count). The maximum absolute atomic E-state index is 12.1. The number of rotatable bonds is 5. The van der Waals surface area contributed by atoms with Crippen molar-refractivity contribution in [2.24, 2.45) is 5.73 Å². The number of nitrogens with zero attached hydrogens (tertiary/aromatic N) is 6. The van der Waals surface area contributed by atoms with Crippen molar-refractivity contribution >= 4 is 22.9 Å². The van der Waals surface area contributed by atoms with Crippen LogP contribution in [0.2, 0.25) is 0 Å². The zero-order valence-corrected chi connectivity index (χ0v) is 19.8. The largest absolute Gasteiger partial charge is 0.382 e. The first-order chi connectivity index (χ1) is 17.6. The van der Waals surface area contributed by atoms with Crippen LogP contribution in [-0.2, 0) is 14.3 Å². The molecule has 11 heteroatoms. The molecule has 1 amide bonds. The van der Waals surface area contributed by atoms with Crippen LogP contribution in [0.4, 0.5) is 11.5 Å². The van der Waals surface area contributed by atoms with Crippen LogP contribution in [0.5, 0.6) is 0 Å². The maximum Gasteiger partial charge on any atom is 0.242 e. The molecule has 2 aliphatic rings. The Morgan fingerprint density at radius 2 is 1.89 bits per heavy atom. The van der Waals surface area contributed by atoms with Crippen LogP contribution in [-0.4, -0.2) is 69.3 Å². The lowest BCUT2D eigenvalue weighted by atomic mass is 10.1. The van der Waals surface area contributed by atoms with E-state index in [1.54, 1.807) is 0 Å². The number of aromatic nitrogens is 5. The number of nitrogen functional groups attached to an aromatic ring is 1. The van der Waals surface area contributed by atoms with Gasteiger partial charge < -0.3 is 25.8 Å². The summed E-state index contributed by atoms with van der Waals surface area (Å²) in [6.45, 7) is 2.83. The van der Waals surface area contributed by atoms with E-state index < -0.39 is 11.9 Å². The fourth-order valence-electron chi connectivity index (χ4n) is 5.21. The third-order valence-electron chi connectivity index (χ3n) is 7.00. The lowest BCUT2D eigenvalue weighted by Gasteiger charge is -2.35. The minimum Gasteiger partial charge on any atom is -0.382 e. The highest BCUT2D eigenvalue weighted by molar-refractivity contribution is 5.91. The first kappa shape index (κ1) is 22.5. The van der Waals surface area contributed by atoms with Gasteiger partial charge in [-0.15, -0.1) is 0 Å². The van der Waals surface area contributed by atoms with Gasteiger partial charge in [-0.2, -0.15) is 10.2 Å². The van der Waals surface area contributed by atoms with Gasteiger partial charge in [0.05, 0.1) is 30.6 Å². The number of amides is 1. The normalized spacial score (nSPS) is 19.1. The fourth-order valence-corrected chi connectivity index (χ4v) is 5.21. The van der Waals surface area contributed by atoms with E-state index in [4.69, 9.17) is 20.9 Å². The van der Waals surface area contributed by atoms with Crippen molar-refractivity contribution in [1.82, 2.24) is 24.4 Å². The van der Waals surface area contributed by atoms with Crippen molar-refractivity contribution in [3.05, 3.63) is 48.9 Å². The van der Waals surface area contributed by atoms with Gasteiger partial charge in [-0.3, -0.25) is 9.48 Å². The van der Waals surface area contributed by atoms with Gasteiger partial charge in [0.15, 0.2) is 5.82 Å². The predicted octanol–water partition coefficient (Wildman–Crippen LogP) is 1.88. The van der Waals surface area contributed by atoms with Crippen molar-refractivity contribution < 1.29 is 14.3 Å². The molecule has 1 aromatic carbocycles. The highest BCUT2D eigenvalue weighted by atomic mass is 16.5. The number of carbonyl (C=O) groups excluding carboxylic acids is 1. The van der Waals surface area contributed by atoms with Gasteiger partial charge in [-0.1, -0.05) is 12.1 Å². The average Bonchev–Trinajstić information content (AvgIpc) is 3.55. The van der Waals surface area contributed by atoms with Crippen LogP contribution in [0.1, 0.15) is 18.9 Å². The summed E-state index contributed by atoms with van der Waals surface area (Å²) in [5.41, 5.74) is 17.3. The molecule has 0 spiro atoms. The van der Waals surface area contributed by atoms with Crippen molar-refractivity contribution in [3.63, 3.8) is 0 Å². The van der Waals surface area contributed by atoms with Crippen molar-refractivity contribution in [1.29, 1.82) is 0 Å². The van der Waals surface area contributed by atoms with Crippen LogP contribution >= 0.6 is 0 Å². The highest BCUT2D eigenvalue weighted by Gasteiger charge is 2.29. The Labute approximate surface area is 207 Å². The number of primary amides is 1. The number of benzene rings is 1. The summed E-state index contributed by atoms with van der Waals surface area (Å²) in [6.07, 6.45) is 5.08. The summed E-state index contributed by atoms with van der Waals surface area (Å²) in [5.74, 6) is -0.0125. The third kappa shape index (κ3) is 3.86. The van der Waals surface area contributed by atoms with Crippen LogP contribution < -0.4 is 16.4 Å². The molecule has 2 aliphatic heterocycles. The number of ether oxygens (including phenoxy) is 2. The van der Waals surface area contributed by atoms with Crippen LogP contribution in [0.15, 0.2) is 48.9 Å². The molecule has 2 fully saturated rings. The highest BCUT2D eigenvalue weighted by Crippen LogP contribution is 2.37. The molecule has 0 bridgehead atoms. The Balaban J connectivity index is 1.46. The number of nitrogens with two attached hydrogens (primary N) is 2. The monoisotopic (exact) mass is 488 g/mol. The molecule has 0 aliphatic carbocycles. The molecule has 4 aromatic rings. The average molecular weight is 489 g/mol. The number of fused-ring (bicyclic) bond motifs is 1. The summed E-state index contributed by atoms with van der Waals surface area (Å²) in [4.78, 5) is 18.3. The minimum atomic E-state index is -0.514.